The third-order valence-corrected chi connectivity index (χ3v) is 6.00. The summed E-state index contributed by atoms with van der Waals surface area (Å²) < 4.78 is 30.7. The molecule has 2 fully saturated rings. The molecule has 2 aliphatic heterocycles. The number of rotatable bonds is 5. The molecule has 156 valence electrons. The summed E-state index contributed by atoms with van der Waals surface area (Å²) in [6, 6.07) is 4.24. The number of hydrogen-bond acceptors (Lipinski definition) is 5. The zero-order valence-corrected chi connectivity index (χ0v) is 17.3. The van der Waals surface area contributed by atoms with E-state index in [1.165, 1.54) is 11.1 Å². The lowest BCUT2D eigenvalue weighted by atomic mass is 9.84. The van der Waals surface area contributed by atoms with Crippen molar-refractivity contribution in [2.45, 2.75) is 70.1 Å². The van der Waals surface area contributed by atoms with Gasteiger partial charge in [0.05, 0.1) is 31.5 Å². The van der Waals surface area contributed by atoms with E-state index >= 15 is 0 Å². The van der Waals surface area contributed by atoms with Crippen LogP contribution in [-0.4, -0.2) is 60.8 Å². The maximum absolute atomic E-state index is 13.1. The van der Waals surface area contributed by atoms with Gasteiger partial charge in [-0.15, -0.1) is 0 Å². The van der Waals surface area contributed by atoms with E-state index in [-0.39, 0.29) is 23.7 Å². The van der Waals surface area contributed by atoms with Gasteiger partial charge >= 0.3 is 0 Å². The Hall–Kier alpha value is -1.37. The first-order valence-electron chi connectivity index (χ1n) is 10.3. The Morgan fingerprint density at radius 1 is 1.21 bits per heavy atom. The largest absolute Gasteiger partial charge is 0.493 e. The number of methoxy groups -OCH3 is 1. The number of piperidine rings is 1. The van der Waals surface area contributed by atoms with Crippen LogP contribution in [0.3, 0.4) is 0 Å². The minimum absolute atomic E-state index is 0.0180. The third-order valence-electron chi connectivity index (χ3n) is 6.00. The normalized spacial score (nSPS) is 32.4. The molecule has 2 heterocycles. The molecule has 1 aromatic carbocycles. The Morgan fingerprint density at radius 3 is 2.61 bits per heavy atom. The van der Waals surface area contributed by atoms with Crippen LogP contribution in [-0.2, 0) is 11.2 Å². The van der Waals surface area contributed by atoms with E-state index in [4.69, 9.17) is 14.2 Å². The fourth-order valence-electron chi connectivity index (χ4n) is 4.41. The Labute approximate surface area is 166 Å². The highest BCUT2D eigenvalue weighted by atomic mass is 19.1. The van der Waals surface area contributed by atoms with E-state index < -0.39 is 12.3 Å². The van der Waals surface area contributed by atoms with E-state index in [2.05, 4.69) is 4.90 Å². The van der Waals surface area contributed by atoms with Crippen LogP contribution in [0.2, 0.25) is 0 Å². The molecule has 0 aromatic heterocycles. The molecule has 3 aliphatic rings. The Kier molecular flexibility index (Phi) is 5.31. The predicted octanol–water partition coefficient (Wildman–Crippen LogP) is 3.28. The monoisotopic (exact) mass is 393 g/mol. The zero-order chi connectivity index (χ0) is 20.1. The minimum Gasteiger partial charge on any atom is -0.493 e. The molecule has 5 nitrogen and oxygen atoms in total. The summed E-state index contributed by atoms with van der Waals surface area (Å²) in [4.78, 5) is 2.41. The molecule has 0 spiro atoms. The first kappa shape index (κ1) is 19.9. The first-order chi connectivity index (χ1) is 13.2. The molecule has 28 heavy (non-hydrogen) atoms. The summed E-state index contributed by atoms with van der Waals surface area (Å²) in [7, 11) is 1.63. The van der Waals surface area contributed by atoms with Gasteiger partial charge in [-0.1, -0.05) is 0 Å². The highest BCUT2D eigenvalue weighted by Gasteiger charge is 2.41. The molecule has 1 saturated carbocycles. The van der Waals surface area contributed by atoms with Crippen LogP contribution in [0.5, 0.6) is 11.5 Å². The molecule has 4 rings (SSSR count). The molecule has 6 heteroatoms. The van der Waals surface area contributed by atoms with Gasteiger partial charge in [0.1, 0.15) is 6.17 Å². The fourth-order valence-corrected chi connectivity index (χ4v) is 4.41. The number of nitrogens with zero attached hydrogens (tertiary/aromatic N) is 1. The number of aliphatic hydroxyl groups excluding tert-OH is 1. The van der Waals surface area contributed by atoms with Gasteiger partial charge in [0.25, 0.3) is 0 Å². The van der Waals surface area contributed by atoms with Crippen molar-refractivity contribution in [2.75, 3.05) is 26.8 Å². The molecular weight excluding hydrogens is 361 g/mol. The average Bonchev–Trinajstić information content (AvgIpc) is 3.34. The Balaban J connectivity index is 1.52. The van der Waals surface area contributed by atoms with Crippen molar-refractivity contribution in [2.24, 2.45) is 5.92 Å². The van der Waals surface area contributed by atoms with Gasteiger partial charge in [-0.05, 0) is 63.3 Å². The third kappa shape index (κ3) is 4.14. The molecular formula is C22H32FNO4. The molecule has 1 aliphatic carbocycles. The molecule has 1 N–H and O–H groups in total. The number of benzene rings is 1. The number of fused-ring (bicyclic) bond motifs is 3. The molecule has 0 radical (unpaired) electrons. The summed E-state index contributed by atoms with van der Waals surface area (Å²) in [5.41, 5.74) is 2.15. The number of halogens is 1. The lowest BCUT2D eigenvalue weighted by molar-refractivity contribution is -0.149. The summed E-state index contributed by atoms with van der Waals surface area (Å²) in [6.45, 7) is 8.12. The van der Waals surface area contributed by atoms with Gasteiger partial charge in [0.2, 0.25) is 0 Å². The van der Waals surface area contributed by atoms with Crippen molar-refractivity contribution in [1.82, 2.24) is 4.90 Å². The second-order valence-electron chi connectivity index (χ2n) is 9.36. The molecule has 1 aromatic rings. The maximum Gasteiger partial charge on any atom is 0.161 e. The summed E-state index contributed by atoms with van der Waals surface area (Å²) in [5, 5.41) is 10.7. The number of alkyl halides is 1. The highest BCUT2D eigenvalue weighted by Crippen LogP contribution is 2.43. The molecule has 0 unspecified atom stereocenters. The predicted molar refractivity (Wildman–Crippen MR) is 105 cm³/mol. The summed E-state index contributed by atoms with van der Waals surface area (Å²) in [5.74, 6) is 1.39. The molecule has 0 bridgehead atoms. The van der Waals surface area contributed by atoms with Gasteiger partial charge in [-0.3, -0.25) is 4.90 Å². The lowest BCUT2D eigenvalue weighted by Gasteiger charge is -2.46. The van der Waals surface area contributed by atoms with Gasteiger partial charge in [-0.25, -0.2) is 4.39 Å². The van der Waals surface area contributed by atoms with Crippen molar-refractivity contribution in [3.05, 3.63) is 23.3 Å². The summed E-state index contributed by atoms with van der Waals surface area (Å²) >= 11 is 0. The van der Waals surface area contributed by atoms with Crippen LogP contribution in [0.1, 0.15) is 50.8 Å². The van der Waals surface area contributed by atoms with Gasteiger partial charge in [-0.2, -0.15) is 0 Å². The molecule has 1 saturated heterocycles. The number of hydrogen-bond donors (Lipinski definition) is 1. The van der Waals surface area contributed by atoms with Gasteiger partial charge in [0.15, 0.2) is 11.5 Å². The van der Waals surface area contributed by atoms with Crippen LogP contribution >= 0.6 is 0 Å². The highest BCUT2D eigenvalue weighted by molar-refractivity contribution is 5.49. The second kappa shape index (κ2) is 7.47. The topological polar surface area (TPSA) is 51.2 Å². The van der Waals surface area contributed by atoms with Crippen molar-refractivity contribution < 1.29 is 23.7 Å². The Morgan fingerprint density at radius 2 is 1.96 bits per heavy atom. The van der Waals surface area contributed by atoms with Crippen LogP contribution in [0.15, 0.2) is 12.1 Å². The van der Waals surface area contributed by atoms with Gasteiger partial charge < -0.3 is 19.3 Å². The SMILES string of the molecule is COc1cc2c(cc1OC[C@@H]1C[C@@H]1F)CCN1C[C@@H](OC(C)(C)C)[C@H](O)C[C@H]21. The molecule has 5 atom stereocenters. The summed E-state index contributed by atoms with van der Waals surface area (Å²) in [6.07, 6.45) is 0.769. The van der Waals surface area contributed by atoms with Crippen LogP contribution < -0.4 is 9.47 Å². The fraction of sp³-hybridized carbons (Fsp3) is 0.727. The van der Waals surface area contributed by atoms with E-state index in [1.807, 2.05) is 32.9 Å². The van der Waals surface area contributed by atoms with Crippen molar-refractivity contribution in [3.8, 4) is 11.5 Å². The van der Waals surface area contributed by atoms with E-state index in [0.29, 0.717) is 30.9 Å². The second-order valence-corrected chi connectivity index (χ2v) is 9.36. The van der Waals surface area contributed by atoms with E-state index in [9.17, 15) is 9.50 Å². The van der Waals surface area contributed by atoms with Crippen LogP contribution in [0, 0.1) is 5.92 Å². The molecule has 0 amide bonds. The number of ether oxygens (including phenoxy) is 3. The van der Waals surface area contributed by atoms with E-state index in [0.717, 1.165) is 19.5 Å². The van der Waals surface area contributed by atoms with Crippen molar-refractivity contribution in [1.29, 1.82) is 0 Å². The zero-order valence-electron chi connectivity index (χ0n) is 17.3. The van der Waals surface area contributed by atoms with Crippen molar-refractivity contribution >= 4 is 0 Å². The quantitative estimate of drug-likeness (QED) is 0.832. The van der Waals surface area contributed by atoms with Crippen LogP contribution in [0.25, 0.3) is 0 Å². The van der Waals surface area contributed by atoms with Gasteiger partial charge in [0, 0.05) is 25.0 Å². The minimum atomic E-state index is -0.718. The standard InChI is InChI=1S/C22H32FNO4/c1-22(2,3)28-21-11-24-6-5-13-8-20(27-12-14-7-16(14)23)19(26-4)9-15(13)17(24)10-18(21)25/h8-9,14,16-18,21,25H,5-7,10-12H2,1-4H3/t14-,16-,17+,18+,21+/m0/s1. The maximum atomic E-state index is 13.1. The lowest BCUT2D eigenvalue weighted by Crippen LogP contribution is -2.53. The van der Waals surface area contributed by atoms with E-state index in [1.54, 1.807) is 7.11 Å². The smallest absolute Gasteiger partial charge is 0.161 e. The first-order valence-corrected chi connectivity index (χ1v) is 10.3. The van der Waals surface area contributed by atoms with Crippen LogP contribution in [0.4, 0.5) is 4.39 Å². The number of aliphatic hydroxyl groups is 1. The Bertz CT molecular complexity index is 719. The average molecular weight is 393 g/mol. The van der Waals surface area contributed by atoms with Crippen molar-refractivity contribution in [3.63, 3.8) is 0 Å².